The molecule has 6 heteroatoms. The van der Waals surface area contributed by atoms with E-state index in [0.717, 1.165) is 36.5 Å². The molecule has 2 aliphatic rings. The van der Waals surface area contributed by atoms with Gasteiger partial charge in [0.15, 0.2) is 0 Å². The van der Waals surface area contributed by atoms with Crippen molar-refractivity contribution < 1.29 is 23.9 Å². The molecular weight excluding hydrogens is 322 g/mol. The lowest BCUT2D eigenvalue weighted by Crippen LogP contribution is -2.39. The van der Waals surface area contributed by atoms with E-state index in [1.165, 1.54) is 12.2 Å². The maximum atomic E-state index is 11.9. The van der Waals surface area contributed by atoms with E-state index < -0.39 is 0 Å². The molecule has 2 aliphatic heterocycles. The molecule has 0 atom stereocenters. The van der Waals surface area contributed by atoms with Crippen molar-refractivity contribution in [1.29, 1.82) is 0 Å². The van der Waals surface area contributed by atoms with Crippen LogP contribution in [0.5, 0.6) is 0 Å². The van der Waals surface area contributed by atoms with Crippen molar-refractivity contribution in [1.82, 2.24) is 0 Å². The Kier molecular flexibility index (Phi) is 4.99. The second-order valence-corrected chi connectivity index (χ2v) is 6.82. The third-order valence-corrected chi connectivity index (χ3v) is 4.44. The van der Waals surface area contributed by atoms with Crippen LogP contribution in [0.3, 0.4) is 0 Å². The molecule has 0 saturated carbocycles. The van der Waals surface area contributed by atoms with Crippen LogP contribution in [0, 0.1) is 5.41 Å². The largest absolute Gasteiger partial charge is 0.465 e. The van der Waals surface area contributed by atoms with Crippen LogP contribution in [0.2, 0.25) is 0 Å². The number of benzene rings is 1. The predicted molar refractivity (Wildman–Crippen MR) is 90.9 cm³/mol. The molecule has 1 fully saturated rings. The number of nitrogens with zero attached hydrogens (tertiary/aromatic N) is 1. The van der Waals surface area contributed by atoms with Gasteiger partial charge in [0.2, 0.25) is 0 Å². The second-order valence-electron chi connectivity index (χ2n) is 6.82. The standard InChI is InChI=1S/C19H21NO5/c1-19(12-24-13-19)9-2-10-25-18(23)11-14-3-5-15(6-4-14)20-16(21)7-8-17(20)22/h3-8H,2,9-13H2,1H3. The van der Waals surface area contributed by atoms with Gasteiger partial charge >= 0.3 is 5.97 Å². The first-order chi connectivity index (χ1) is 12.0. The average Bonchev–Trinajstić information content (AvgIpc) is 2.90. The van der Waals surface area contributed by atoms with Crippen molar-refractivity contribution in [3.63, 3.8) is 0 Å². The number of carbonyl (C=O) groups is 3. The normalized spacial score (nSPS) is 18.4. The minimum atomic E-state index is -0.359. The fraction of sp³-hybridized carbons (Fsp3) is 0.421. The molecule has 3 rings (SSSR count). The molecule has 0 aromatic heterocycles. The minimum absolute atomic E-state index is 0.167. The molecule has 6 nitrogen and oxygen atoms in total. The molecule has 0 radical (unpaired) electrons. The first kappa shape index (κ1) is 17.4. The number of hydrogen-bond donors (Lipinski definition) is 0. The Labute approximate surface area is 146 Å². The van der Waals surface area contributed by atoms with Gasteiger partial charge in [0.05, 0.1) is 31.9 Å². The topological polar surface area (TPSA) is 72.9 Å². The highest BCUT2D eigenvalue weighted by atomic mass is 16.5. The Morgan fingerprint density at radius 2 is 1.80 bits per heavy atom. The summed E-state index contributed by atoms with van der Waals surface area (Å²) < 4.78 is 10.5. The summed E-state index contributed by atoms with van der Waals surface area (Å²) in [6.07, 6.45) is 4.46. The summed E-state index contributed by atoms with van der Waals surface area (Å²) in [5.41, 5.74) is 1.51. The lowest BCUT2D eigenvalue weighted by molar-refractivity contribution is -0.144. The van der Waals surface area contributed by atoms with Crippen LogP contribution in [0.4, 0.5) is 5.69 Å². The summed E-state index contributed by atoms with van der Waals surface area (Å²) in [6.45, 7) is 4.15. The molecule has 2 amide bonds. The Morgan fingerprint density at radius 3 is 2.36 bits per heavy atom. The number of imide groups is 1. The van der Waals surface area contributed by atoms with E-state index in [1.54, 1.807) is 24.3 Å². The van der Waals surface area contributed by atoms with Gasteiger partial charge in [-0.2, -0.15) is 0 Å². The van der Waals surface area contributed by atoms with E-state index in [0.29, 0.717) is 12.3 Å². The predicted octanol–water partition coefficient (Wildman–Crippen LogP) is 2.02. The van der Waals surface area contributed by atoms with Gasteiger partial charge in [-0.1, -0.05) is 19.1 Å². The molecule has 25 heavy (non-hydrogen) atoms. The van der Waals surface area contributed by atoms with Gasteiger partial charge in [-0.25, -0.2) is 4.90 Å². The Balaban J connectivity index is 1.44. The van der Waals surface area contributed by atoms with Crippen LogP contribution in [0.1, 0.15) is 25.3 Å². The van der Waals surface area contributed by atoms with E-state index in [2.05, 4.69) is 6.92 Å². The van der Waals surface area contributed by atoms with Gasteiger partial charge < -0.3 is 9.47 Å². The smallest absolute Gasteiger partial charge is 0.310 e. The third kappa shape index (κ3) is 4.14. The van der Waals surface area contributed by atoms with Gasteiger partial charge in [0.25, 0.3) is 11.8 Å². The van der Waals surface area contributed by atoms with Crippen LogP contribution in [-0.2, 0) is 30.3 Å². The molecule has 0 spiro atoms. The van der Waals surface area contributed by atoms with Gasteiger partial charge in [-0.05, 0) is 30.5 Å². The zero-order valence-electron chi connectivity index (χ0n) is 14.2. The van der Waals surface area contributed by atoms with Crippen molar-refractivity contribution in [2.75, 3.05) is 24.7 Å². The molecule has 0 N–H and O–H groups in total. The molecule has 0 bridgehead atoms. The SMILES string of the molecule is CC1(CCCOC(=O)Cc2ccc(N3C(=O)C=CC3=O)cc2)COC1. The van der Waals surface area contributed by atoms with E-state index >= 15 is 0 Å². The van der Waals surface area contributed by atoms with E-state index in [1.807, 2.05) is 0 Å². The van der Waals surface area contributed by atoms with E-state index in [9.17, 15) is 14.4 Å². The number of amides is 2. The third-order valence-electron chi connectivity index (χ3n) is 4.44. The van der Waals surface area contributed by atoms with Crippen LogP contribution >= 0.6 is 0 Å². The fourth-order valence-electron chi connectivity index (χ4n) is 2.92. The number of esters is 1. The van der Waals surface area contributed by atoms with Crippen molar-refractivity contribution in [2.45, 2.75) is 26.2 Å². The highest BCUT2D eigenvalue weighted by Gasteiger charge is 2.32. The summed E-state index contributed by atoms with van der Waals surface area (Å²) in [5, 5.41) is 0. The van der Waals surface area contributed by atoms with Gasteiger partial charge in [-0.15, -0.1) is 0 Å². The van der Waals surface area contributed by atoms with Gasteiger partial charge in [0.1, 0.15) is 0 Å². The maximum Gasteiger partial charge on any atom is 0.310 e. The zero-order valence-corrected chi connectivity index (χ0v) is 14.2. The summed E-state index contributed by atoms with van der Waals surface area (Å²) in [6, 6.07) is 6.76. The highest BCUT2D eigenvalue weighted by Crippen LogP contribution is 2.31. The minimum Gasteiger partial charge on any atom is -0.465 e. The molecule has 1 aromatic carbocycles. The van der Waals surface area contributed by atoms with E-state index in [-0.39, 0.29) is 29.6 Å². The number of carbonyl (C=O) groups excluding carboxylic acids is 3. The van der Waals surface area contributed by atoms with Crippen LogP contribution < -0.4 is 4.90 Å². The molecule has 132 valence electrons. The highest BCUT2D eigenvalue weighted by molar-refractivity contribution is 6.28. The number of hydrogen-bond acceptors (Lipinski definition) is 5. The summed E-state index contributed by atoms with van der Waals surface area (Å²) >= 11 is 0. The molecule has 0 unspecified atom stereocenters. The van der Waals surface area contributed by atoms with E-state index in [4.69, 9.17) is 9.47 Å². The first-order valence-corrected chi connectivity index (χ1v) is 8.35. The molecular formula is C19H21NO5. The molecule has 1 saturated heterocycles. The van der Waals surface area contributed by atoms with Crippen LogP contribution in [-0.4, -0.2) is 37.6 Å². The summed E-state index contributed by atoms with van der Waals surface area (Å²) in [7, 11) is 0. The summed E-state index contributed by atoms with van der Waals surface area (Å²) in [5.74, 6) is -0.997. The van der Waals surface area contributed by atoms with Crippen LogP contribution in [0.25, 0.3) is 0 Å². The number of ether oxygens (including phenoxy) is 2. The lowest BCUT2D eigenvalue weighted by atomic mass is 9.84. The van der Waals surface area contributed by atoms with Crippen molar-refractivity contribution in [3.8, 4) is 0 Å². The average molecular weight is 343 g/mol. The quantitative estimate of drug-likeness (QED) is 0.430. The zero-order chi connectivity index (χ0) is 17.9. The number of anilines is 1. The monoisotopic (exact) mass is 343 g/mol. The van der Waals surface area contributed by atoms with Gasteiger partial charge in [-0.3, -0.25) is 14.4 Å². The van der Waals surface area contributed by atoms with Crippen LogP contribution in [0.15, 0.2) is 36.4 Å². The van der Waals surface area contributed by atoms with Gasteiger partial charge in [0, 0.05) is 17.6 Å². The van der Waals surface area contributed by atoms with Crippen molar-refractivity contribution in [3.05, 3.63) is 42.0 Å². The Hall–Kier alpha value is -2.47. The van der Waals surface area contributed by atoms with Crippen molar-refractivity contribution in [2.24, 2.45) is 5.41 Å². The Morgan fingerprint density at radius 1 is 1.16 bits per heavy atom. The Bertz CT molecular complexity index is 685. The second kappa shape index (κ2) is 7.19. The maximum absolute atomic E-state index is 11.9. The fourth-order valence-corrected chi connectivity index (χ4v) is 2.92. The van der Waals surface area contributed by atoms with Crippen molar-refractivity contribution >= 4 is 23.5 Å². The summed E-state index contributed by atoms with van der Waals surface area (Å²) in [4.78, 5) is 36.2. The molecule has 2 heterocycles. The lowest BCUT2D eigenvalue weighted by Gasteiger charge is -2.38. The molecule has 0 aliphatic carbocycles. The first-order valence-electron chi connectivity index (χ1n) is 8.35. The number of rotatable bonds is 7. The molecule has 1 aromatic rings.